The second-order valence-electron chi connectivity index (χ2n) is 9.27. The van der Waals surface area contributed by atoms with Crippen LogP contribution in [0.2, 0.25) is 0 Å². The number of sulfonamides is 1. The van der Waals surface area contributed by atoms with E-state index in [0.29, 0.717) is 23.5 Å². The highest BCUT2D eigenvalue weighted by Gasteiger charge is 2.34. The molecule has 41 heavy (non-hydrogen) atoms. The summed E-state index contributed by atoms with van der Waals surface area (Å²) in [5.41, 5.74) is 1.72. The zero-order valence-electron chi connectivity index (χ0n) is 24.2. The Bertz CT molecular complexity index is 1460. The molecule has 3 aromatic rings. The maximum Gasteiger partial charge on any atom is 0.264 e. The van der Waals surface area contributed by atoms with Gasteiger partial charge in [0, 0.05) is 19.7 Å². The molecule has 220 valence electrons. The van der Waals surface area contributed by atoms with Gasteiger partial charge in [-0.3, -0.25) is 13.9 Å². The molecule has 10 nitrogen and oxygen atoms in total. The monoisotopic (exact) mass is 583 g/mol. The first-order chi connectivity index (χ1) is 19.6. The van der Waals surface area contributed by atoms with Gasteiger partial charge >= 0.3 is 0 Å². The van der Waals surface area contributed by atoms with Crippen molar-refractivity contribution >= 4 is 27.5 Å². The smallest absolute Gasteiger partial charge is 0.264 e. The summed E-state index contributed by atoms with van der Waals surface area (Å²) >= 11 is 0. The average Bonchev–Trinajstić information content (AvgIpc) is 2.99. The van der Waals surface area contributed by atoms with Gasteiger partial charge in [-0.2, -0.15) is 0 Å². The normalized spacial score (nSPS) is 11.8. The molecular formula is C30H37N3O7S. The molecule has 0 aliphatic carbocycles. The largest absolute Gasteiger partial charge is 0.497 e. The maximum atomic E-state index is 14.1. The number of aryl methyl sites for hydroxylation is 1. The predicted molar refractivity (Wildman–Crippen MR) is 157 cm³/mol. The van der Waals surface area contributed by atoms with Crippen LogP contribution >= 0.6 is 0 Å². The number of nitrogens with zero attached hydrogens (tertiary/aromatic N) is 2. The summed E-state index contributed by atoms with van der Waals surface area (Å²) in [5, 5.41) is 2.61. The summed E-state index contributed by atoms with van der Waals surface area (Å²) in [5.74, 6) is 0.251. The van der Waals surface area contributed by atoms with Crippen LogP contribution in [0.25, 0.3) is 0 Å². The van der Waals surface area contributed by atoms with Gasteiger partial charge in [0.1, 0.15) is 29.8 Å². The predicted octanol–water partition coefficient (Wildman–Crippen LogP) is 3.77. The highest BCUT2D eigenvalue weighted by atomic mass is 32.2. The van der Waals surface area contributed by atoms with E-state index >= 15 is 0 Å². The molecule has 0 radical (unpaired) electrons. The van der Waals surface area contributed by atoms with Crippen LogP contribution in [-0.2, 0) is 26.2 Å². The molecule has 0 aromatic heterocycles. The van der Waals surface area contributed by atoms with E-state index in [-0.39, 0.29) is 28.8 Å². The summed E-state index contributed by atoms with van der Waals surface area (Å²) in [4.78, 5) is 28.4. The van der Waals surface area contributed by atoms with Gasteiger partial charge in [0.05, 0.1) is 31.9 Å². The lowest BCUT2D eigenvalue weighted by Crippen LogP contribution is -2.51. The molecule has 1 atom stereocenters. The molecule has 0 bridgehead atoms. The van der Waals surface area contributed by atoms with E-state index in [1.807, 2.05) is 13.0 Å². The van der Waals surface area contributed by atoms with Gasteiger partial charge in [-0.25, -0.2) is 8.42 Å². The topological polar surface area (TPSA) is 114 Å². The minimum atomic E-state index is -4.27. The molecule has 0 saturated heterocycles. The number of anilines is 1. The van der Waals surface area contributed by atoms with E-state index in [1.54, 1.807) is 49.4 Å². The van der Waals surface area contributed by atoms with Gasteiger partial charge in [-0.1, -0.05) is 36.8 Å². The van der Waals surface area contributed by atoms with Gasteiger partial charge in [-0.15, -0.1) is 0 Å². The Hall–Kier alpha value is -4.25. The summed E-state index contributed by atoms with van der Waals surface area (Å²) in [6, 6.07) is 17.3. The van der Waals surface area contributed by atoms with E-state index in [2.05, 4.69) is 5.32 Å². The number of rotatable bonds is 13. The van der Waals surface area contributed by atoms with Crippen molar-refractivity contribution in [2.75, 3.05) is 39.2 Å². The number of nitrogens with one attached hydrogen (secondary N) is 1. The van der Waals surface area contributed by atoms with Crippen molar-refractivity contribution in [1.82, 2.24) is 10.2 Å². The number of ether oxygens (including phenoxy) is 3. The first-order valence-corrected chi connectivity index (χ1v) is 14.5. The Morgan fingerprint density at radius 3 is 2.15 bits per heavy atom. The van der Waals surface area contributed by atoms with Gasteiger partial charge in [-0.05, 0) is 55.3 Å². The van der Waals surface area contributed by atoms with Gasteiger partial charge in [0.25, 0.3) is 10.0 Å². The Morgan fingerprint density at radius 1 is 0.902 bits per heavy atom. The van der Waals surface area contributed by atoms with Crippen LogP contribution in [0.4, 0.5) is 5.69 Å². The molecule has 11 heteroatoms. The quantitative estimate of drug-likeness (QED) is 0.326. The van der Waals surface area contributed by atoms with Crippen molar-refractivity contribution in [3.05, 3.63) is 77.9 Å². The maximum absolute atomic E-state index is 14.1. The van der Waals surface area contributed by atoms with Crippen LogP contribution in [0.5, 0.6) is 17.2 Å². The minimum Gasteiger partial charge on any atom is -0.497 e. The number of likely N-dealkylation sites (N-methyl/N-ethyl adjacent to an activating group) is 1. The number of benzene rings is 3. The lowest BCUT2D eigenvalue weighted by Gasteiger charge is -2.33. The second-order valence-corrected chi connectivity index (χ2v) is 11.1. The fraction of sp³-hybridized carbons (Fsp3) is 0.333. The van der Waals surface area contributed by atoms with Crippen LogP contribution < -0.4 is 23.8 Å². The summed E-state index contributed by atoms with van der Waals surface area (Å²) in [6.45, 7) is 3.09. The van der Waals surface area contributed by atoms with Crippen LogP contribution in [-0.4, -0.2) is 66.1 Å². The average molecular weight is 584 g/mol. The standard InChI is InChI=1S/C30H37N3O7S/c1-7-26(30(35)31-3)32(19-22-9-8-10-23(17-22)38-4)29(34)20-33(27-18-24(39-5)13-16-28(27)40-6)41(36,37)25-14-11-21(2)12-15-25/h8-18,26H,7,19-20H2,1-6H3,(H,31,35)/t26-/m1/s1. The van der Waals surface area contributed by atoms with Gasteiger partial charge in [0.15, 0.2) is 0 Å². The van der Waals surface area contributed by atoms with E-state index in [4.69, 9.17) is 14.2 Å². The molecule has 3 aromatic carbocycles. The van der Waals surface area contributed by atoms with Crippen LogP contribution in [0, 0.1) is 6.92 Å². The van der Waals surface area contributed by atoms with E-state index < -0.39 is 28.5 Å². The van der Waals surface area contributed by atoms with Gasteiger partial charge < -0.3 is 24.4 Å². The second kappa shape index (κ2) is 13.9. The van der Waals surface area contributed by atoms with Crippen LogP contribution in [0.15, 0.2) is 71.6 Å². The van der Waals surface area contributed by atoms with E-state index in [9.17, 15) is 18.0 Å². The molecule has 1 N–H and O–H groups in total. The first kappa shape index (κ1) is 31.3. The number of carbonyl (C=O) groups excluding carboxylic acids is 2. The minimum absolute atomic E-state index is 0.00142. The van der Waals surface area contributed by atoms with Crippen molar-refractivity contribution < 1.29 is 32.2 Å². The van der Waals surface area contributed by atoms with Gasteiger partial charge in [0.2, 0.25) is 11.8 Å². The molecule has 0 fully saturated rings. The fourth-order valence-electron chi connectivity index (χ4n) is 4.40. The fourth-order valence-corrected chi connectivity index (χ4v) is 5.81. The molecule has 0 spiro atoms. The van der Waals surface area contributed by atoms with Crippen LogP contribution in [0.1, 0.15) is 24.5 Å². The molecule has 0 heterocycles. The molecule has 3 rings (SSSR count). The van der Waals surface area contributed by atoms with Crippen molar-refractivity contribution in [3.8, 4) is 17.2 Å². The highest BCUT2D eigenvalue weighted by Crippen LogP contribution is 2.36. The van der Waals surface area contributed by atoms with E-state index in [1.165, 1.54) is 51.5 Å². The van der Waals surface area contributed by atoms with Crippen molar-refractivity contribution in [2.24, 2.45) is 0 Å². The molecule has 0 aliphatic heterocycles. The zero-order chi connectivity index (χ0) is 30.2. The lowest BCUT2D eigenvalue weighted by molar-refractivity contribution is -0.140. The summed E-state index contributed by atoms with van der Waals surface area (Å²) in [7, 11) is 1.64. The lowest BCUT2D eigenvalue weighted by atomic mass is 10.1. The van der Waals surface area contributed by atoms with Crippen LogP contribution in [0.3, 0.4) is 0 Å². The third kappa shape index (κ3) is 7.29. The molecular weight excluding hydrogens is 546 g/mol. The number of amides is 2. The third-order valence-electron chi connectivity index (χ3n) is 6.66. The number of hydrogen-bond acceptors (Lipinski definition) is 7. The molecule has 0 saturated carbocycles. The molecule has 0 aliphatic rings. The summed E-state index contributed by atoms with van der Waals surface area (Å²) < 4.78 is 45.4. The Labute approximate surface area is 241 Å². The third-order valence-corrected chi connectivity index (χ3v) is 8.44. The molecule has 0 unspecified atom stereocenters. The number of hydrogen-bond donors (Lipinski definition) is 1. The first-order valence-electron chi connectivity index (χ1n) is 13.0. The van der Waals surface area contributed by atoms with Crippen molar-refractivity contribution in [1.29, 1.82) is 0 Å². The van der Waals surface area contributed by atoms with Crippen molar-refractivity contribution in [2.45, 2.75) is 37.8 Å². The Morgan fingerprint density at radius 2 is 1.56 bits per heavy atom. The summed E-state index contributed by atoms with van der Waals surface area (Å²) in [6.07, 6.45) is 0.308. The van der Waals surface area contributed by atoms with E-state index in [0.717, 1.165) is 9.87 Å². The molecule has 2 amide bonds. The number of methoxy groups -OCH3 is 3. The SMILES string of the molecule is CC[C@H](C(=O)NC)N(Cc1cccc(OC)c1)C(=O)CN(c1cc(OC)ccc1OC)S(=O)(=O)c1ccc(C)cc1. The van der Waals surface area contributed by atoms with Crippen molar-refractivity contribution in [3.63, 3.8) is 0 Å². The number of carbonyl (C=O) groups is 2. The Balaban J connectivity index is 2.15. The highest BCUT2D eigenvalue weighted by molar-refractivity contribution is 7.92. The zero-order valence-corrected chi connectivity index (χ0v) is 25.0. The Kier molecular flexibility index (Phi) is 10.6.